The predicted octanol–water partition coefficient (Wildman–Crippen LogP) is 3.08. The lowest BCUT2D eigenvalue weighted by molar-refractivity contribution is -0.132. The highest BCUT2D eigenvalue weighted by Crippen LogP contribution is 2.34. The summed E-state index contributed by atoms with van der Waals surface area (Å²) in [5.74, 6) is -0.715. The molecular formula is C28H33N7O3. The zero-order valence-corrected chi connectivity index (χ0v) is 22.4. The molecule has 1 fully saturated rings. The van der Waals surface area contributed by atoms with Crippen LogP contribution in [0.3, 0.4) is 0 Å². The normalized spacial score (nSPS) is 15.4. The Bertz CT molecular complexity index is 1390. The lowest BCUT2D eigenvalue weighted by Gasteiger charge is -2.24. The van der Waals surface area contributed by atoms with Crippen molar-refractivity contribution in [3.8, 4) is 11.1 Å². The summed E-state index contributed by atoms with van der Waals surface area (Å²) in [7, 11) is 1.62. The van der Waals surface area contributed by atoms with Gasteiger partial charge >= 0.3 is 0 Å². The minimum atomic E-state index is -0.536. The predicted molar refractivity (Wildman–Crippen MR) is 144 cm³/mol. The number of aryl methyl sites for hydroxylation is 1. The lowest BCUT2D eigenvalue weighted by Crippen LogP contribution is -2.42. The van der Waals surface area contributed by atoms with E-state index in [0.717, 1.165) is 22.3 Å². The van der Waals surface area contributed by atoms with Crippen LogP contribution in [0, 0.1) is 6.92 Å². The number of rotatable bonds is 7. The van der Waals surface area contributed by atoms with E-state index in [1.54, 1.807) is 35.2 Å². The van der Waals surface area contributed by atoms with E-state index in [2.05, 4.69) is 27.2 Å². The molecule has 10 nitrogen and oxygen atoms in total. The van der Waals surface area contributed by atoms with E-state index in [0.29, 0.717) is 25.2 Å². The maximum atomic E-state index is 13.2. The summed E-state index contributed by atoms with van der Waals surface area (Å²) in [5.41, 5.74) is 4.45. The van der Waals surface area contributed by atoms with Gasteiger partial charge in [0.2, 0.25) is 11.8 Å². The number of hydrogen-bond donors (Lipinski definition) is 1. The van der Waals surface area contributed by atoms with E-state index < -0.39 is 6.04 Å². The molecule has 3 aromatic rings. The molecule has 0 spiro atoms. The number of anilines is 1. The van der Waals surface area contributed by atoms with Crippen molar-refractivity contribution in [1.82, 2.24) is 30.2 Å². The Morgan fingerprint density at radius 3 is 2.68 bits per heavy atom. The van der Waals surface area contributed by atoms with E-state index in [1.807, 2.05) is 52.0 Å². The maximum absolute atomic E-state index is 13.2. The molecule has 3 amide bonds. The number of hydrogen-bond acceptors (Lipinski definition) is 6. The first-order chi connectivity index (χ1) is 18.0. The van der Waals surface area contributed by atoms with Gasteiger partial charge in [0.15, 0.2) is 5.69 Å². The van der Waals surface area contributed by atoms with Crippen molar-refractivity contribution in [3.63, 3.8) is 0 Å². The topological polar surface area (TPSA) is 113 Å². The van der Waals surface area contributed by atoms with Crippen molar-refractivity contribution in [3.05, 3.63) is 72.3 Å². The first kappa shape index (κ1) is 26.7. The first-order valence-electron chi connectivity index (χ1n) is 12.5. The summed E-state index contributed by atoms with van der Waals surface area (Å²) in [4.78, 5) is 45.3. The zero-order valence-electron chi connectivity index (χ0n) is 22.4. The molecule has 3 heterocycles. The van der Waals surface area contributed by atoms with Gasteiger partial charge in [-0.05, 0) is 62.9 Å². The summed E-state index contributed by atoms with van der Waals surface area (Å²) >= 11 is 0. The van der Waals surface area contributed by atoms with Crippen molar-refractivity contribution in [2.75, 3.05) is 18.5 Å². The molecule has 1 aromatic carbocycles. The van der Waals surface area contributed by atoms with Crippen LogP contribution < -0.4 is 10.2 Å². The molecule has 0 bridgehead atoms. The van der Waals surface area contributed by atoms with Gasteiger partial charge in [0, 0.05) is 31.9 Å². The van der Waals surface area contributed by atoms with Crippen molar-refractivity contribution >= 4 is 23.4 Å². The van der Waals surface area contributed by atoms with Crippen molar-refractivity contribution in [2.45, 2.75) is 52.2 Å². The molecule has 0 aliphatic carbocycles. The minimum absolute atomic E-state index is 0.142. The molecule has 4 rings (SSSR count). The van der Waals surface area contributed by atoms with Crippen molar-refractivity contribution < 1.29 is 14.4 Å². The van der Waals surface area contributed by atoms with Crippen LogP contribution in [0.2, 0.25) is 0 Å². The van der Waals surface area contributed by atoms with Crippen LogP contribution in [0.15, 0.2) is 55.5 Å². The number of nitrogens with zero attached hydrogens (tertiary/aromatic N) is 6. The van der Waals surface area contributed by atoms with Gasteiger partial charge in [-0.1, -0.05) is 30.0 Å². The fourth-order valence-electron chi connectivity index (χ4n) is 4.43. The van der Waals surface area contributed by atoms with Crippen LogP contribution in [-0.2, 0) is 21.7 Å². The van der Waals surface area contributed by atoms with Gasteiger partial charge in [0.1, 0.15) is 6.04 Å². The smallest absolute Gasteiger partial charge is 0.273 e. The quantitative estimate of drug-likeness (QED) is 0.484. The minimum Gasteiger partial charge on any atom is -0.347 e. The Labute approximate surface area is 222 Å². The molecule has 38 heavy (non-hydrogen) atoms. The Morgan fingerprint density at radius 2 is 2.03 bits per heavy atom. The number of aromatic nitrogens is 4. The molecule has 0 radical (unpaired) electrons. The van der Waals surface area contributed by atoms with Crippen LogP contribution >= 0.6 is 0 Å². The van der Waals surface area contributed by atoms with Crippen LogP contribution in [-0.4, -0.2) is 62.2 Å². The molecule has 198 valence electrons. The second kappa shape index (κ2) is 10.6. The molecule has 1 N–H and O–H groups in total. The Hall–Kier alpha value is -4.34. The van der Waals surface area contributed by atoms with E-state index in [4.69, 9.17) is 0 Å². The molecule has 0 saturated carbocycles. The van der Waals surface area contributed by atoms with Crippen LogP contribution in [0.1, 0.15) is 48.8 Å². The fourth-order valence-corrected chi connectivity index (χ4v) is 4.43. The second-order valence-electron chi connectivity index (χ2n) is 10.4. The van der Waals surface area contributed by atoms with Crippen molar-refractivity contribution in [1.29, 1.82) is 0 Å². The van der Waals surface area contributed by atoms with Gasteiger partial charge in [0.25, 0.3) is 5.91 Å². The van der Waals surface area contributed by atoms with Crippen LogP contribution in [0.25, 0.3) is 11.1 Å². The Morgan fingerprint density at radius 1 is 1.26 bits per heavy atom. The maximum Gasteiger partial charge on any atom is 0.273 e. The van der Waals surface area contributed by atoms with Crippen LogP contribution in [0.4, 0.5) is 5.69 Å². The van der Waals surface area contributed by atoms with E-state index in [1.165, 1.54) is 11.0 Å². The number of carbonyl (C=O) groups is 3. The third-order valence-electron chi connectivity index (χ3n) is 6.76. The molecular weight excluding hydrogens is 482 g/mol. The molecule has 1 saturated heterocycles. The van der Waals surface area contributed by atoms with Gasteiger partial charge in [-0.15, -0.1) is 5.10 Å². The largest absolute Gasteiger partial charge is 0.347 e. The second-order valence-corrected chi connectivity index (χ2v) is 10.4. The van der Waals surface area contributed by atoms with E-state index in [9.17, 15) is 14.4 Å². The third-order valence-corrected chi connectivity index (χ3v) is 6.76. The summed E-state index contributed by atoms with van der Waals surface area (Å²) in [6, 6.07) is 7.30. The number of carbonyl (C=O) groups excluding carboxylic acids is 3. The van der Waals surface area contributed by atoms with Gasteiger partial charge in [0.05, 0.1) is 23.6 Å². The van der Waals surface area contributed by atoms with Crippen molar-refractivity contribution in [2.24, 2.45) is 0 Å². The summed E-state index contributed by atoms with van der Waals surface area (Å²) < 4.78 is 1.66. The van der Waals surface area contributed by atoms with Gasteiger partial charge < -0.3 is 15.1 Å². The number of pyridine rings is 1. The Balaban J connectivity index is 1.50. The standard InChI is InChI=1S/C28H33N7O3/c1-7-25(36)33(6)23-11-13-34(27(23)38)24-16-29-12-10-21(24)19-8-9-20(18(2)14-19)15-30-26(37)22-17-35(32-31-22)28(3,4)5/h7-10,12,14,16-17,23H,1,11,13,15H2,2-6H3,(H,30,37). The molecule has 1 aliphatic rings. The molecule has 2 aromatic heterocycles. The molecule has 10 heteroatoms. The highest BCUT2D eigenvalue weighted by atomic mass is 16.2. The fraction of sp³-hybridized carbons (Fsp3) is 0.357. The SMILES string of the molecule is C=CC(=O)N(C)C1CCN(c2cnccc2-c2ccc(CNC(=O)c3cn(C(C)(C)C)nn3)c(C)c2)C1=O. The van der Waals surface area contributed by atoms with Gasteiger partial charge in [-0.3, -0.25) is 19.4 Å². The number of amides is 3. The third kappa shape index (κ3) is 5.34. The average molecular weight is 516 g/mol. The first-order valence-corrected chi connectivity index (χ1v) is 12.5. The average Bonchev–Trinajstić information content (AvgIpc) is 3.54. The van der Waals surface area contributed by atoms with Gasteiger partial charge in [-0.25, -0.2) is 4.68 Å². The number of benzene rings is 1. The van der Waals surface area contributed by atoms with Gasteiger partial charge in [-0.2, -0.15) is 0 Å². The van der Waals surface area contributed by atoms with E-state index in [-0.39, 0.29) is 29.0 Å². The number of nitrogens with one attached hydrogen (secondary N) is 1. The molecule has 1 atom stereocenters. The monoisotopic (exact) mass is 515 g/mol. The molecule has 1 unspecified atom stereocenters. The summed E-state index contributed by atoms with van der Waals surface area (Å²) in [5, 5.41) is 11.0. The Kier molecular flexibility index (Phi) is 7.43. The molecule has 1 aliphatic heterocycles. The zero-order chi connectivity index (χ0) is 27.6. The number of likely N-dealkylation sites (N-methyl/N-ethyl adjacent to an activating group) is 1. The highest BCUT2D eigenvalue weighted by molar-refractivity contribution is 6.04. The summed E-state index contributed by atoms with van der Waals surface area (Å²) in [6.07, 6.45) is 6.76. The van der Waals surface area contributed by atoms with Crippen LogP contribution in [0.5, 0.6) is 0 Å². The summed E-state index contributed by atoms with van der Waals surface area (Å²) in [6.45, 7) is 12.3. The van der Waals surface area contributed by atoms with E-state index >= 15 is 0 Å². The highest BCUT2D eigenvalue weighted by Gasteiger charge is 2.37. The lowest BCUT2D eigenvalue weighted by atomic mass is 9.99.